The second-order valence-corrected chi connectivity index (χ2v) is 4.64. The Morgan fingerprint density at radius 3 is 2.62 bits per heavy atom. The lowest BCUT2D eigenvalue weighted by Gasteiger charge is -2.10. The number of rotatable bonds is 6. The van der Waals surface area contributed by atoms with Gasteiger partial charge < -0.3 is 10.1 Å². The van der Waals surface area contributed by atoms with Crippen molar-refractivity contribution in [2.45, 2.75) is 27.2 Å². The third kappa shape index (κ3) is 4.23. The van der Waals surface area contributed by atoms with E-state index < -0.39 is 0 Å². The van der Waals surface area contributed by atoms with Crippen LogP contribution in [0.25, 0.3) is 0 Å². The van der Waals surface area contributed by atoms with Crippen molar-refractivity contribution in [2.75, 3.05) is 20.2 Å². The molecule has 16 heavy (non-hydrogen) atoms. The maximum absolute atomic E-state index is 5.19. The zero-order chi connectivity index (χ0) is 12.0. The highest BCUT2D eigenvalue weighted by atomic mass is 16.5. The minimum Gasteiger partial charge on any atom is -0.497 e. The predicted octanol–water partition coefficient (Wildman–Crippen LogP) is 2.79. The molecule has 0 aliphatic rings. The number of benzene rings is 1. The average molecular weight is 221 g/mol. The molecule has 0 unspecified atom stereocenters. The van der Waals surface area contributed by atoms with Crippen LogP contribution in [0.1, 0.15) is 25.0 Å². The van der Waals surface area contributed by atoms with E-state index in [4.69, 9.17) is 4.74 Å². The molecule has 0 aromatic heterocycles. The summed E-state index contributed by atoms with van der Waals surface area (Å²) in [7, 11) is 1.71. The summed E-state index contributed by atoms with van der Waals surface area (Å²) >= 11 is 0. The van der Waals surface area contributed by atoms with Gasteiger partial charge in [-0.05, 0) is 55.6 Å². The van der Waals surface area contributed by atoms with Gasteiger partial charge in [-0.15, -0.1) is 0 Å². The van der Waals surface area contributed by atoms with E-state index in [-0.39, 0.29) is 0 Å². The van der Waals surface area contributed by atoms with Gasteiger partial charge in [0.25, 0.3) is 0 Å². The van der Waals surface area contributed by atoms with Crippen molar-refractivity contribution in [3.63, 3.8) is 0 Å². The summed E-state index contributed by atoms with van der Waals surface area (Å²) in [6.45, 7) is 8.73. The highest BCUT2D eigenvalue weighted by Gasteiger charge is 2.00. The lowest BCUT2D eigenvalue weighted by molar-refractivity contribution is 0.414. The molecule has 2 nitrogen and oxygen atoms in total. The first kappa shape index (κ1) is 13.0. The molecule has 1 aromatic carbocycles. The third-order valence-corrected chi connectivity index (χ3v) is 2.67. The van der Waals surface area contributed by atoms with Crippen molar-refractivity contribution in [1.29, 1.82) is 0 Å². The molecule has 0 aliphatic heterocycles. The van der Waals surface area contributed by atoms with Crippen LogP contribution in [0.15, 0.2) is 18.2 Å². The van der Waals surface area contributed by atoms with E-state index in [0.29, 0.717) is 0 Å². The van der Waals surface area contributed by atoms with Crippen LogP contribution in [0.5, 0.6) is 5.75 Å². The maximum atomic E-state index is 5.19. The molecule has 0 radical (unpaired) electrons. The van der Waals surface area contributed by atoms with Crippen LogP contribution in [-0.4, -0.2) is 20.2 Å². The summed E-state index contributed by atoms with van der Waals surface area (Å²) in [4.78, 5) is 0. The Hall–Kier alpha value is -1.02. The van der Waals surface area contributed by atoms with E-state index >= 15 is 0 Å². The normalized spacial score (nSPS) is 10.8. The van der Waals surface area contributed by atoms with Crippen molar-refractivity contribution >= 4 is 0 Å². The van der Waals surface area contributed by atoms with Gasteiger partial charge in [-0.1, -0.05) is 19.9 Å². The van der Waals surface area contributed by atoms with Crippen LogP contribution in [-0.2, 0) is 6.42 Å². The van der Waals surface area contributed by atoms with E-state index in [9.17, 15) is 0 Å². The Bertz CT molecular complexity index is 321. The molecule has 2 heteroatoms. The molecule has 0 atom stereocenters. The summed E-state index contributed by atoms with van der Waals surface area (Å²) in [5.74, 6) is 1.66. The molecular weight excluding hydrogens is 198 g/mol. The van der Waals surface area contributed by atoms with Crippen LogP contribution in [0, 0.1) is 12.8 Å². The lowest BCUT2D eigenvalue weighted by Crippen LogP contribution is -2.22. The summed E-state index contributed by atoms with van der Waals surface area (Å²) in [5.41, 5.74) is 2.71. The van der Waals surface area contributed by atoms with Gasteiger partial charge in [0.2, 0.25) is 0 Å². The summed E-state index contributed by atoms with van der Waals surface area (Å²) in [6.07, 6.45) is 1.09. The molecule has 0 fully saturated rings. The van der Waals surface area contributed by atoms with Crippen LogP contribution in [0.4, 0.5) is 0 Å². The molecule has 1 aromatic rings. The fourth-order valence-corrected chi connectivity index (χ4v) is 1.69. The highest BCUT2D eigenvalue weighted by molar-refractivity contribution is 5.34. The Morgan fingerprint density at radius 2 is 2.06 bits per heavy atom. The standard InChI is InChI=1S/C14H23NO/c1-11(2)10-15-8-7-13-5-6-14(16-4)9-12(13)3/h5-6,9,11,15H,7-8,10H2,1-4H3. The van der Waals surface area contributed by atoms with Crippen molar-refractivity contribution < 1.29 is 4.74 Å². The van der Waals surface area contributed by atoms with Crippen molar-refractivity contribution in [3.8, 4) is 5.75 Å². The molecular formula is C14H23NO. The third-order valence-electron chi connectivity index (χ3n) is 2.67. The number of nitrogens with one attached hydrogen (secondary N) is 1. The molecule has 0 saturated heterocycles. The number of ether oxygens (including phenoxy) is 1. The van der Waals surface area contributed by atoms with E-state index in [1.807, 2.05) is 6.07 Å². The van der Waals surface area contributed by atoms with Gasteiger partial charge in [0, 0.05) is 0 Å². The van der Waals surface area contributed by atoms with Gasteiger partial charge in [-0.2, -0.15) is 0 Å². The first-order valence-corrected chi connectivity index (χ1v) is 5.97. The molecule has 1 rings (SSSR count). The predicted molar refractivity (Wildman–Crippen MR) is 69.1 cm³/mol. The smallest absolute Gasteiger partial charge is 0.119 e. The van der Waals surface area contributed by atoms with Gasteiger partial charge in [0.15, 0.2) is 0 Å². The second-order valence-electron chi connectivity index (χ2n) is 4.64. The van der Waals surface area contributed by atoms with Gasteiger partial charge in [-0.25, -0.2) is 0 Å². The minimum absolute atomic E-state index is 0.719. The summed E-state index contributed by atoms with van der Waals surface area (Å²) in [5, 5.41) is 3.46. The zero-order valence-electron chi connectivity index (χ0n) is 10.8. The monoisotopic (exact) mass is 221 g/mol. The van der Waals surface area contributed by atoms with Crippen LogP contribution < -0.4 is 10.1 Å². The summed E-state index contributed by atoms with van der Waals surface area (Å²) < 4.78 is 5.19. The SMILES string of the molecule is COc1ccc(CCNCC(C)C)c(C)c1. The Labute approximate surface area is 99.0 Å². The van der Waals surface area contributed by atoms with Crippen molar-refractivity contribution in [1.82, 2.24) is 5.32 Å². The fraction of sp³-hybridized carbons (Fsp3) is 0.571. The molecule has 0 heterocycles. The van der Waals surface area contributed by atoms with E-state index in [0.717, 1.165) is 31.2 Å². The number of hydrogen-bond donors (Lipinski definition) is 1. The van der Waals surface area contributed by atoms with Crippen LogP contribution >= 0.6 is 0 Å². The quantitative estimate of drug-likeness (QED) is 0.746. The number of methoxy groups -OCH3 is 1. The highest BCUT2D eigenvalue weighted by Crippen LogP contribution is 2.16. The van der Waals surface area contributed by atoms with Crippen LogP contribution in [0.3, 0.4) is 0 Å². The van der Waals surface area contributed by atoms with E-state index in [1.54, 1.807) is 7.11 Å². The largest absolute Gasteiger partial charge is 0.497 e. The number of hydrogen-bond acceptors (Lipinski definition) is 2. The maximum Gasteiger partial charge on any atom is 0.119 e. The van der Waals surface area contributed by atoms with Gasteiger partial charge >= 0.3 is 0 Å². The minimum atomic E-state index is 0.719. The number of aryl methyl sites for hydroxylation is 1. The molecule has 0 aliphatic carbocycles. The molecule has 0 saturated carbocycles. The van der Waals surface area contributed by atoms with Crippen molar-refractivity contribution in [3.05, 3.63) is 29.3 Å². The topological polar surface area (TPSA) is 21.3 Å². The second kappa shape index (κ2) is 6.54. The van der Waals surface area contributed by atoms with E-state index in [2.05, 4.69) is 38.2 Å². The molecule has 0 bridgehead atoms. The van der Waals surface area contributed by atoms with Gasteiger partial charge in [0.05, 0.1) is 7.11 Å². The van der Waals surface area contributed by atoms with E-state index in [1.165, 1.54) is 11.1 Å². The van der Waals surface area contributed by atoms with Gasteiger partial charge in [-0.3, -0.25) is 0 Å². The Kier molecular flexibility index (Phi) is 5.33. The van der Waals surface area contributed by atoms with Gasteiger partial charge in [0.1, 0.15) is 5.75 Å². The zero-order valence-corrected chi connectivity index (χ0v) is 10.8. The Balaban J connectivity index is 2.42. The first-order valence-electron chi connectivity index (χ1n) is 5.97. The van der Waals surface area contributed by atoms with Crippen molar-refractivity contribution in [2.24, 2.45) is 5.92 Å². The average Bonchev–Trinajstić information content (AvgIpc) is 2.25. The molecule has 1 N–H and O–H groups in total. The molecule has 0 amide bonds. The lowest BCUT2D eigenvalue weighted by atomic mass is 10.1. The van der Waals surface area contributed by atoms with Crippen LogP contribution in [0.2, 0.25) is 0 Å². The summed E-state index contributed by atoms with van der Waals surface area (Å²) in [6, 6.07) is 6.29. The molecule has 90 valence electrons. The Morgan fingerprint density at radius 1 is 1.31 bits per heavy atom. The first-order chi connectivity index (χ1) is 7.63. The molecule has 0 spiro atoms. The fourth-order valence-electron chi connectivity index (χ4n) is 1.69.